The normalized spacial score (nSPS) is 10.3. The van der Waals surface area contributed by atoms with E-state index in [-0.39, 0.29) is 18.3 Å². The zero-order valence-corrected chi connectivity index (χ0v) is 16.1. The first kappa shape index (κ1) is 19.7. The van der Waals surface area contributed by atoms with Crippen LogP contribution in [0.25, 0.3) is 5.69 Å². The van der Waals surface area contributed by atoms with Crippen LogP contribution < -0.4 is 10.6 Å². The van der Waals surface area contributed by atoms with Gasteiger partial charge in [-0.1, -0.05) is 22.0 Å². The van der Waals surface area contributed by atoms with Gasteiger partial charge in [-0.2, -0.15) is 0 Å². The average Bonchev–Trinajstić information content (AvgIpc) is 2.78. The maximum Gasteiger partial charge on any atom is 0.253 e. The van der Waals surface area contributed by atoms with Gasteiger partial charge in [0, 0.05) is 28.1 Å². The molecule has 4 nitrogen and oxygen atoms in total. The van der Waals surface area contributed by atoms with Crippen LogP contribution in [-0.2, 0) is 0 Å². The molecule has 6 heteroatoms. The van der Waals surface area contributed by atoms with Crippen molar-refractivity contribution in [3.05, 3.63) is 51.8 Å². The van der Waals surface area contributed by atoms with Gasteiger partial charge in [0.2, 0.25) is 0 Å². The smallest absolute Gasteiger partial charge is 0.253 e. The predicted octanol–water partition coefficient (Wildman–Crippen LogP) is 3.62. The monoisotopic (exact) mass is 399 g/mol. The Morgan fingerprint density at radius 2 is 1.96 bits per heavy atom. The van der Waals surface area contributed by atoms with Gasteiger partial charge in [-0.15, -0.1) is 12.4 Å². The quantitative estimate of drug-likeness (QED) is 0.728. The van der Waals surface area contributed by atoms with E-state index >= 15 is 0 Å². The van der Waals surface area contributed by atoms with Crippen LogP contribution in [0.1, 0.15) is 28.2 Å². The molecule has 0 saturated carbocycles. The van der Waals surface area contributed by atoms with Crippen LogP contribution in [0.15, 0.2) is 34.8 Å². The Kier molecular flexibility index (Phi) is 7.82. The SMILES string of the molecule is CNCCCNC(=O)c1cc(C)n(-c2cccc(Br)c2)c1C.Cl. The number of aryl methyl sites for hydroxylation is 1. The summed E-state index contributed by atoms with van der Waals surface area (Å²) in [5.41, 5.74) is 3.80. The van der Waals surface area contributed by atoms with Gasteiger partial charge in [-0.25, -0.2) is 0 Å². The van der Waals surface area contributed by atoms with Crippen molar-refractivity contribution >= 4 is 34.2 Å². The molecule has 1 aromatic heterocycles. The third-order valence-electron chi connectivity index (χ3n) is 3.63. The summed E-state index contributed by atoms with van der Waals surface area (Å²) in [4.78, 5) is 12.3. The molecule has 0 bridgehead atoms. The second-order valence-electron chi connectivity index (χ2n) is 5.31. The lowest BCUT2D eigenvalue weighted by molar-refractivity contribution is 0.0952. The number of carbonyl (C=O) groups excluding carboxylic acids is 1. The number of carbonyl (C=O) groups is 1. The van der Waals surface area contributed by atoms with Crippen molar-refractivity contribution < 1.29 is 4.79 Å². The van der Waals surface area contributed by atoms with Crippen LogP contribution in [0.2, 0.25) is 0 Å². The second-order valence-corrected chi connectivity index (χ2v) is 6.23. The molecule has 0 atom stereocenters. The molecule has 23 heavy (non-hydrogen) atoms. The highest BCUT2D eigenvalue weighted by Gasteiger charge is 2.16. The number of hydrogen-bond donors (Lipinski definition) is 2. The Bertz CT molecular complexity index is 670. The van der Waals surface area contributed by atoms with E-state index < -0.39 is 0 Å². The summed E-state index contributed by atoms with van der Waals surface area (Å²) in [6.07, 6.45) is 0.923. The summed E-state index contributed by atoms with van der Waals surface area (Å²) in [6.45, 7) is 5.58. The highest BCUT2D eigenvalue weighted by Crippen LogP contribution is 2.23. The summed E-state index contributed by atoms with van der Waals surface area (Å²) in [5, 5.41) is 6.05. The molecule has 0 saturated heterocycles. The molecule has 1 aromatic carbocycles. The molecular weight excluding hydrogens is 378 g/mol. The molecule has 0 unspecified atom stereocenters. The van der Waals surface area contributed by atoms with Crippen molar-refractivity contribution in [1.29, 1.82) is 0 Å². The van der Waals surface area contributed by atoms with Crippen LogP contribution in [0.5, 0.6) is 0 Å². The van der Waals surface area contributed by atoms with E-state index in [1.807, 2.05) is 45.2 Å². The van der Waals surface area contributed by atoms with Crippen molar-refractivity contribution in [2.24, 2.45) is 0 Å². The van der Waals surface area contributed by atoms with Gasteiger partial charge in [0.1, 0.15) is 0 Å². The lowest BCUT2D eigenvalue weighted by Crippen LogP contribution is -2.26. The number of aromatic nitrogens is 1. The van der Waals surface area contributed by atoms with Gasteiger partial charge < -0.3 is 15.2 Å². The zero-order chi connectivity index (χ0) is 16.1. The Morgan fingerprint density at radius 3 is 2.61 bits per heavy atom. The van der Waals surface area contributed by atoms with Gasteiger partial charge in [0.15, 0.2) is 0 Å². The summed E-state index contributed by atoms with van der Waals surface area (Å²) >= 11 is 3.49. The number of rotatable bonds is 6. The number of halogens is 2. The second kappa shape index (κ2) is 9.11. The highest BCUT2D eigenvalue weighted by molar-refractivity contribution is 9.10. The van der Waals surface area contributed by atoms with E-state index in [0.717, 1.165) is 40.1 Å². The lowest BCUT2D eigenvalue weighted by Gasteiger charge is -2.10. The van der Waals surface area contributed by atoms with Gasteiger partial charge in [0.25, 0.3) is 5.91 Å². The largest absolute Gasteiger partial charge is 0.352 e. The van der Waals surface area contributed by atoms with Crippen molar-refractivity contribution in [2.75, 3.05) is 20.1 Å². The number of benzene rings is 1. The third kappa shape index (κ3) is 4.83. The fourth-order valence-electron chi connectivity index (χ4n) is 2.57. The predicted molar refractivity (Wildman–Crippen MR) is 101 cm³/mol. The van der Waals surface area contributed by atoms with E-state index in [1.165, 1.54) is 0 Å². The molecule has 0 aliphatic carbocycles. The molecule has 0 aliphatic rings. The Balaban J connectivity index is 0.00000264. The fraction of sp³-hybridized carbons (Fsp3) is 0.353. The molecule has 0 fully saturated rings. The van der Waals surface area contributed by atoms with Crippen molar-refractivity contribution in [2.45, 2.75) is 20.3 Å². The number of amides is 1. The van der Waals surface area contributed by atoms with E-state index in [0.29, 0.717) is 6.54 Å². The number of nitrogens with zero attached hydrogens (tertiary/aromatic N) is 1. The standard InChI is InChI=1S/C17H22BrN3O.ClH/c1-12-10-16(17(22)20-9-5-8-19-3)13(2)21(12)15-7-4-6-14(18)11-15;/h4,6-7,10-11,19H,5,8-9H2,1-3H3,(H,20,22);1H. The molecule has 2 N–H and O–H groups in total. The van der Waals surface area contributed by atoms with E-state index in [2.05, 4.69) is 37.2 Å². The van der Waals surface area contributed by atoms with Crippen LogP contribution in [-0.4, -0.2) is 30.6 Å². The summed E-state index contributed by atoms with van der Waals surface area (Å²) in [5.74, 6) is -0.00884. The maximum absolute atomic E-state index is 12.3. The Hall–Kier alpha value is -1.30. The highest BCUT2D eigenvalue weighted by atomic mass is 79.9. The van der Waals surface area contributed by atoms with Crippen molar-refractivity contribution in [3.63, 3.8) is 0 Å². The lowest BCUT2D eigenvalue weighted by atomic mass is 10.2. The third-order valence-corrected chi connectivity index (χ3v) is 4.12. The minimum absolute atomic E-state index is 0. The summed E-state index contributed by atoms with van der Waals surface area (Å²) < 4.78 is 3.13. The summed E-state index contributed by atoms with van der Waals surface area (Å²) in [7, 11) is 1.91. The van der Waals surface area contributed by atoms with Crippen LogP contribution in [0.4, 0.5) is 0 Å². The average molecular weight is 401 g/mol. The first-order valence-corrected chi connectivity index (χ1v) is 8.21. The molecule has 1 amide bonds. The fourth-order valence-corrected chi connectivity index (χ4v) is 2.95. The van der Waals surface area contributed by atoms with E-state index in [4.69, 9.17) is 0 Å². The first-order chi connectivity index (χ1) is 10.5. The van der Waals surface area contributed by atoms with Crippen LogP contribution in [0.3, 0.4) is 0 Å². The molecule has 2 aromatic rings. The molecule has 126 valence electrons. The molecule has 0 spiro atoms. The number of nitrogens with one attached hydrogen (secondary N) is 2. The topological polar surface area (TPSA) is 46.1 Å². The van der Waals surface area contributed by atoms with Crippen LogP contribution in [0, 0.1) is 13.8 Å². The molecule has 0 aliphatic heterocycles. The molecule has 0 radical (unpaired) electrons. The van der Waals surface area contributed by atoms with E-state index in [9.17, 15) is 4.79 Å². The maximum atomic E-state index is 12.3. The minimum atomic E-state index is -0.00884. The van der Waals surface area contributed by atoms with Crippen molar-refractivity contribution in [3.8, 4) is 5.69 Å². The Morgan fingerprint density at radius 1 is 1.22 bits per heavy atom. The van der Waals surface area contributed by atoms with Crippen molar-refractivity contribution in [1.82, 2.24) is 15.2 Å². The zero-order valence-electron chi connectivity index (χ0n) is 13.6. The van der Waals surface area contributed by atoms with Crippen LogP contribution >= 0.6 is 28.3 Å². The van der Waals surface area contributed by atoms with Gasteiger partial charge in [0.05, 0.1) is 5.56 Å². The summed E-state index contributed by atoms with van der Waals surface area (Å²) in [6, 6.07) is 10.0. The Labute approximate surface area is 152 Å². The molecular formula is C17H23BrClN3O. The minimum Gasteiger partial charge on any atom is -0.352 e. The van der Waals surface area contributed by atoms with Gasteiger partial charge in [-0.3, -0.25) is 4.79 Å². The molecule has 2 rings (SSSR count). The molecule has 1 heterocycles. The van der Waals surface area contributed by atoms with E-state index in [1.54, 1.807) is 0 Å². The number of hydrogen-bond acceptors (Lipinski definition) is 2. The van der Waals surface area contributed by atoms with Gasteiger partial charge >= 0.3 is 0 Å². The van der Waals surface area contributed by atoms with Gasteiger partial charge in [-0.05, 0) is 58.1 Å². The first-order valence-electron chi connectivity index (χ1n) is 7.42.